The SMILES string of the molecule is C[C@H]1CCCCN1CCCCOc1ccccc1. The second kappa shape index (κ2) is 7.42. The zero-order valence-electron chi connectivity index (χ0n) is 11.5. The van der Waals surface area contributed by atoms with Gasteiger partial charge in [0.05, 0.1) is 6.61 Å². The minimum Gasteiger partial charge on any atom is -0.494 e. The predicted octanol–water partition coefficient (Wildman–Crippen LogP) is 3.72. The number of likely N-dealkylation sites (tertiary alicyclic amines) is 1. The van der Waals surface area contributed by atoms with Crippen molar-refractivity contribution >= 4 is 0 Å². The van der Waals surface area contributed by atoms with E-state index in [0.717, 1.165) is 24.8 Å². The van der Waals surface area contributed by atoms with Crippen LogP contribution < -0.4 is 4.74 Å². The van der Waals surface area contributed by atoms with Crippen LogP contribution in [0.4, 0.5) is 0 Å². The minimum absolute atomic E-state index is 0.786. The van der Waals surface area contributed by atoms with Crippen molar-refractivity contribution in [2.75, 3.05) is 19.7 Å². The third-order valence-corrected chi connectivity index (χ3v) is 3.79. The molecule has 0 saturated carbocycles. The lowest BCUT2D eigenvalue weighted by atomic mass is 10.0. The van der Waals surface area contributed by atoms with Gasteiger partial charge in [-0.1, -0.05) is 24.6 Å². The molecule has 0 aromatic heterocycles. The molecule has 1 atom stereocenters. The van der Waals surface area contributed by atoms with Crippen LogP contribution in [-0.2, 0) is 0 Å². The number of rotatable bonds is 6. The molecule has 0 bridgehead atoms. The molecule has 1 aliphatic heterocycles. The van der Waals surface area contributed by atoms with E-state index in [1.165, 1.54) is 38.8 Å². The highest BCUT2D eigenvalue weighted by molar-refractivity contribution is 5.20. The number of para-hydroxylation sites is 1. The largest absolute Gasteiger partial charge is 0.494 e. The second-order valence-electron chi connectivity index (χ2n) is 5.25. The molecular weight excluding hydrogens is 222 g/mol. The molecule has 0 aliphatic carbocycles. The molecule has 18 heavy (non-hydrogen) atoms. The molecule has 1 fully saturated rings. The average Bonchev–Trinajstić information content (AvgIpc) is 2.42. The summed E-state index contributed by atoms with van der Waals surface area (Å²) in [5, 5.41) is 0. The molecule has 2 nitrogen and oxygen atoms in total. The number of ether oxygens (including phenoxy) is 1. The third-order valence-electron chi connectivity index (χ3n) is 3.79. The van der Waals surface area contributed by atoms with Crippen LogP contribution >= 0.6 is 0 Å². The van der Waals surface area contributed by atoms with Crippen molar-refractivity contribution < 1.29 is 4.74 Å². The molecule has 1 saturated heterocycles. The summed E-state index contributed by atoms with van der Waals surface area (Å²) in [5.41, 5.74) is 0. The molecule has 1 heterocycles. The molecule has 2 rings (SSSR count). The van der Waals surface area contributed by atoms with E-state index < -0.39 is 0 Å². The quantitative estimate of drug-likeness (QED) is 0.710. The molecule has 0 N–H and O–H groups in total. The van der Waals surface area contributed by atoms with Crippen LogP contribution in [0.2, 0.25) is 0 Å². The lowest BCUT2D eigenvalue weighted by molar-refractivity contribution is 0.154. The molecule has 100 valence electrons. The molecule has 0 radical (unpaired) electrons. The number of unbranched alkanes of at least 4 members (excludes halogenated alkanes) is 1. The van der Waals surface area contributed by atoms with Gasteiger partial charge in [0.15, 0.2) is 0 Å². The van der Waals surface area contributed by atoms with Gasteiger partial charge in [-0.15, -0.1) is 0 Å². The van der Waals surface area contributed by atoms with Gasteiger partial charge in [-0.2, -0.15) is 0 Å². The Balaban J connectivity index is 1.56. The molecule has 1 aromatic carbocycles. The van der Waals surface area contributed by atoms with Crippen molar-refractivity contribution in [3.05, 3.63) is 30.3 Å². The fourth-order valence-corrected chi connectivity index (χ4v) is 2.61. The zero-order valence-corrected chi connectivity index (χ0v) is 11.5. The van der Waals surface area contributed by atoms with Crippen molar-refractivity contribution in [2.45, 2.75) is 45.1 Å². The van der Waals surface area contributed by atoms with Crippen molar-refractivity contribution in [3.63, 3.8) is 0 Å². The maximum atomic E-state index is 5.70. The van der Waals surface area contributed by atoms with Crippen molar-refractivity contribution in [2.24, 2.45) is 0 Å². The van der Waals surface area contributed by atoms with Crippen LogP contribution in [0.15, 0.2) is 30.3 Å². The summed E-state index contributed by atoms with van der Waals surface area (Å²) in [7, 11) is 0. The van der Waals surface area contributed by atoms with Gasteiger partial charge in [0, 0.05) is 6.04 Å². The zero-order chi connectivity index (χ0) is 12.6. The van der Waals surface area contributed by atoms with Gasteiger partial charge >= 0.3 is 0 Å². The molecular formula is C16H25NO. The Bertz CT molecular complexity index is 325. The van der Waals surface area contributed by atoms with E-state index in [1.54, 1.807) is 0 Å². The van der Waals surface area contributed by atoms with E-state index in [2.05, 4.69) is 11.8 Å². The maximum absolute atomic E-state index is 5.70. The van der Waals surface area contributed by atoms with Crippen LogP contribution in [0.25, 0.3) is 0 Å². The third kappa shape index (κ3) is 4.34. The van der Waals surface area contributed by atoms with Crippen LogP contribution in [0, 0.1) is 0 Å². The van der Waals surface area contributed by atoms with Crippen LogP contribution in [0.5, 0.6) is 5.75 Å². The maximum Gasteiger partial charge on any atom is 0.119 e. The van der Waals surface area contributed by atoms with E-state index in [4.69, 9.17) is 4.74 Å². The summed E-state index contributed by atoms with van der Waals surface area (Å²) in [5.74, 6) is 0.990. The van der Waals surface area contributed by atoms with Gasteiger partial charge in [-0.3, -0.25) is 0 Å². The first-order valence-electron chi connectivity index (χ1n) is 7.28. The van der Waals surface area contributed by atoms with Crippen molar-refractivity contribution in [3.8, 4) is 5.75 Å². The molecule has 0 unspecified atom stereocenters. The van der Waals surface area contributed by atoms with E-state index in [9.17, 15) is 0 Å². The Morgan fingerprint density at radius 2 is 2.00 bits per heavy atom. The number of piperidine rings is 1. The van der Waals surface area contributed by atoms with Crippen molar-refractivity contribution in [1.82, 2.24) is 4.90 Å². The number of nitrogens with zero attached hydrogens (tertiary/aromatic N) is 1. The lowest BCUT2D eigenvalue weighted by Gasteiger charge is -2.33. The Morgan fingerprint density at radius 1 is 1.17 bits per heavy atom. The minimum atomic E-state index is 0.786. The fraction of sp³-hybridized carbons (Fsp3) is 0.625. The smallest absolute Gasteiger partial charge is 0.119 e. The average molecular weight is 247 g/mol. The van der Waals surface area contributed by atoms with Gasteiger partial charge in [0.25, 0.3) is 0 Å². The molecule has 0 amide bonds. The number of benzene rings is 1. The van der Waals surface area contributed by atoms with E-state index in [1.807, 2.05) is 30.3 Å². The van der Waals surface area contributed by atoms with Crippen LogP contribution in [0.3, 0.4) is 0 Å². The summed E-state index contributed by atoms with van der Waals surface area (Å²) < 4.78 is 5.70. The van der Waals surface area contributed by atoms with Gasteiger partial charge in [0.2, 0.25) is 0 Å². The first kappa shape index (κ1) is 13.4. The summed E-state index contributed by atoms with van der Waals surface area (Å²) in [4.78, 5) is 2.63. The summed E-state index contributed by atoms with van der Waals surface area (Å²) >= 11 is 0. The first-order chi connectivity index (χ1) is 8.86. The lowest BCUT2D eigenvalue weighted by Crippen LogP contribution is -2.38. The Morgan fingerprint density at radius 3 is 2.78 bits per heavy atom. The van der Waals surface area contributed by atoms with Gasteiger partial charge in [-0.05, 0) is 57.8 Å². The highest BCUT2D eigenvalue weighted by Crippen LogP contribution is 2.16. The summed E-state index contributed by atoms with van der Waals surface area (Å²) in [6, 6.07) is 10.9. The number of hydrogen-bond donors (Lipinski definition) is 0. The molecule has 1 aromatic rings. The van der Waals surface area contributed by atoms with Crippen molar-refractivity contribution in [1.29, 1.82) is 0 Å². The van der Waals surface area contributed by atoms with Crippen LogP contribution in [0.1, 0.15) is 39.0 Å². The molecule has 0 spiro atoms. The molecule has 2 heteroatoms. The predicted molar refractivity (Wildman–Crippen MR) is 76.1 cm³/mol. The van der Waals surface area contributed by atoms with E-state index in [-0.39, 0.29) is 0 Å². The fourth-order valence-electron chi connectivity index (χ4n) is 2.61. The second-order valence-corrected chi connectivity index (χ2v) is 5.25. The van der Waals surface area contributed by atoms with E-state index >= 15 is 0 Å². The Hall–Kier alpha value is -1.02. The molecule has 1 aliphatic rings. The van der Waals surface area contributed by atoms with E-state index in [0.29, 0.717) is 0 Å². The van der Waals surface area contributed by atoms with Gasteiger partial charge in [0.1, 0.15) is 5.75 Å². The highest BCUT2D eigenvalue weighted by Gasteiger charge is 2.16. The monoisotopic (exact) mass is 247 g/mol. The number of hydrogen-bond acceptors (Lipinski definition) is 2. The Kier molecular flexibility index (Phi) is 5.53. The normalized spacial score (nSPS) is 20.8. The topological polar surface area (TPSA) is 12.5 Å². The first-order valence-corrected chi connectivity index (χ1v) is 7.28. The Labute approximate surface area is 111 Å². The highest BCUT2D eigenvalue weighted by atomic mass is 16.5. The standard InChI is InChI=1S/C16H25NO/c1-15-9-5-6-12-17(15)13-7-8-14-18-16-10-3-2-4-11-16/h2-4,10-11,15H,5-9,12-14H2,1H3/t15-/m0/s1. The summed E-state index contributed by atoms with van der Waals surface area (Å²) in [6.45, 7) is 5.73. The van der Waals surface area contributed by atoms with Crippen LogP contribution in [-0.4, -0.2) is 30.6 Å². The summed E-state index contributed by atoms with van der Waals surface area (Å²) in [6.07, 6.45) is 6.56. The van der Waals surface area contributed by atoms with Gasteiger partial charge < -0.3 is 9.64 Å². The van der Waals surface area contributed by atoms with Gasteiger partial charge in [-0.25, -0.2) is 0 Å².